The zero-order chi connectivity index (χ0) is 39.7. The monoisotopic (exact) mass is 749 g/mol. The Labute approximate surface area is 321 Å². The van der Waals surface area contributed by atoms with Crippen molar-refractivity contribution in [2.75, 3.05) is 34.3 Å². The fraction of sp³-hybridized carbons (Fsp3) is 0.659. The molecule has 3 heterocycles. The fourth-order valence-electron chi connectivity index (χ4n) is 8.22. The van der Waals surface area contributed by atoms with Gasteiger partial charge in [-0.1, -0.05) is 73.1 Å². The first kappa shape index (κ1) is 42.6. The molecule has 1 aromatic heterocycles. The Morgan fingerprint density at radius 3 is 2.41 bits per heavy atom. The molecule has 3 amide bonds. The lowest BCUT2D eigenvalue weighted by atomic mass is 9.89. The fourth-order valence-corrected chi connectivity index (χ4v) is 8.22. The van der Waals surface area contributed by atoms with Gasteiger partial charge in [0.15, 0.2) is 0 Å². The van der Waals surface area contributed by atoms with Gasteiger partial charge in [-0.15, -0.1) is 4.91 Å². The third-order valence-corrected chi connectivity index (χ3v) is 11.4. The highest BCUT2D eigenvalue weighted by atomic mass is 16.5. The molecule has 2 aliphatic heterocycles. The standard InChI is InChI=1S/C41H63N7O6/c1-11-26(6)36(47(9)41(51)35(25(4)5)45-39(50)34(42-8)24(2)3)33-22-32(40(46-52)54-33)48-20-14-17-31(48)37(53-10)27(7)38(49)43-19-18-28-21-29-15-12-13-16-30(29)44-23-28/h12-13,15-16,21,23-27,31,33-37,42H,11,14,17-20,22H2,1-10H3,(H,43,49)(H,45,50)/t26-,27+,31-,33+,34-,35-,36?,37+/m0/s1. The van der Waals surface area contributed by atoms with Crippen molar-refractivity contribution < 1.29 is 23.9 Å². The summed E-state index contributed by atoms with van der Waals surface area (Å²) in [4.78, 5) is 61.6. The molecule has 54 heavy (non-hydrogen) atoms. The predicted molar refractivity (Wildman–Crippen MR) is 211 cm³/mol. The van der Waals surface area contributed by atoms with Crippen LogP contribution < -0.4 is 16.0 Å². The van der Waals surface area contributed by atoms with E-state index in [1.54, 1.807) is 26.1 Å². The van der Waals surface area contributed by atoms with Gasteiger partial charge in [0.1, 0.15) is 12.1 Å². The largest absolute Gasteiger partial charge is 0.468 e. The number of carbonyl (C=O) groups excluding carboxylic acids is 3. The number of amides is 3. The van der Waals surface area contributed by atoms with Crippen molar-refractivity contribution in [3.63, 3.8) is 0 Å². The number of benzene rings is 1. The van der Waals surface area contributed by atoms with Crippen LogP contribution in [0.3, 0.4) is 0 Å². The summed E-state index contributed by atoms with van der Waals surface area (Å²) in [5, 5.41) is 13.6. The minimum Gasteiger partial charge on any atom is -0.468 e. The summed E-state index contributed by atoms with van der Waals surface area (Å²) in [5.74, 6) is -1.12. The van der Waals surface area contributed by atoms with Crippen LogP contribution in [-0.2, 0) is 30.3 Å². The Morgan fingerprint density at radius 2 is 1.78 bits per heavy atom. The summed E-state index contributed by atoms with van der Waals surface area (Å²) < 4.78 is 12.4. The molecule has 0 radical (unpaired) electrons. The Kier molecular flexibility index (Phi) is 15.4. The number of likely N-dealkylation sites (tertiary alicyclic amines) is 1. The lowest BCUT2D eigenvalue weighted by molar-refractivity contribution is -0.142. The van der Waals surface area contributed by atoms with Gasteiger partial charge in [-0.25, -0.2) is 0 Å². The summed E-state index contributed by atoms with van der Waals surface area (Å²) >= 11 is 0. The number of fused-ring (bicyclic) bond motifs is 1. The second-order valence-electron chi connectivity index (χ2n) is 15.7. The molecule has 1 saturated heterocycles. The smallest absolute Gasteiger partial charge is 0.275 e. The van der Waals surface area contributed by atoms with Gasteiger partial charge in [0, 0.05) is 50.4 Å². The summed E-state index contributed by atoms with van der Waals surface area (Å²) in [6, 6.07) is 8.29. The molecule has 13 heteroatoms. The molecular weight excluding hydrogens is 686 g/mol. The summed E-state index contributed by atoms with van der Waals surface area (Å²) in [6.45, 7) is 14.9. The number of rotatable bonds is 19. The quantitative estimate of drug-likeness (QED) is 0.169. The highest BCUT2D eigenvalue weighted by molar-refractivity contribution is 5.90. The first-order chi connectivity index (χ1) is 25.8. The second-order valence-corrected chi connectivity index (χ2v) is 15.7. The van der Waals surface area contributed by atoms with Crippen LogP contribution in [0.15, 0.2) is 53.3 Å². The van der Waals surface area contributed by atoms with Gasteiger partial charge in [0.25, 0.3) is 5.88 Å². The number of nitrogens with one attached hydrogen (secondary N) is 3. The van der Waals surface area contributed by atoms with Crippen LogP contribution in [0, 0.1) is 28.6 Å². The number of para-hydroxylation sites is 1. The topological polar surface area (TPSA) is 155 Å². The van der Waals surface area contributed by atoms with E-state index in [1.807, 2.05) is 65.1 Å². The van der Waals surface area contributed by atoms with Crippen LogP contribution in [0.2, 0.25) is 0 Å². The van der Waals surface area contributed by atoms with E-state index in [9.17, 15) is 19.3 Å². The molecule has 0 spiro atoms. The Hall–Kier alpha value is -4.10. The Balaban J connectivity index is 1.46. The van der Waals surface area contributed by atoms with E-state index >= 15 is 0 Å². The van der Waals surface area contributed by atoms with Crippen molar-refractivity contribution in [2.45, 2.75) is 117 Å². The minimum absolute atomic E-state index is 0.00985. The Morgan fingerprint density at radius 1 is 1.07 bits per heavy atom. The number of nitrogens with zero attached hydrogens (tertiary/aromatic N) is 4. The van der Waals surface area contributed by atoms with Crippen molar-refractivity contribution in [2.24, 2.45) is 28.8 Å². The highest BCUT2D eigenvalue weighted by Crippen LogP contribution is 2.39. The van der Waals surface area contributed by atoms with Crippen molar-refractivity contribution in [1.82, 2.24) is 30.7 Å². The lowest BCUT2D eigenvalue weighted by Gasteiger charge is -2.39. The highest BCUT2D eigenvalue weighted by Gasteiger charge is 2.46. The molecule has 1 fully saturated rings. The van der Waals surface area contributed by atoms with Gasteiger partial charge >= 0.3 is 0 Å². The predicted octanol–water partition coefficient (Wildman–Crippen LogP) is 4.99. The number of hydrogen-bond acceptors (Lipinski definition) is 10. The van der Waals surface area contributed by atoms with E-state index in [0.717, 1.165) is 35.7 Å². The number of ether oxygens (including phenoxy) is 2. The molecule has 4 rings (SSSR count). The van der Waals surface area contributed by atoms with Crippen molar-refractivity contribution >= 4 is 28.6 Å². The molecule has 0 aliphatic carbocycles. The zero-order valence-corrected chi connectivity index (χ0v) is 33.9. The van der Waals surface area contributed by atoms with Crippen molar-refractivity contribution in [1.29, 1.82) is 0 Å². The van der Waals surface area contributed by atoms with Gasteiger partial charge in [-0.05, 0) is 61.8 Å². The van der Waals surface area contributed by atoms with Crippen molar-refractivity contribution in [3.05, 3.63) is 58.6 Å². The lowest BCUT2D eigenvalue weighted by Crippen LogP contribution is -2.59. The number of hydrogen-bond donors (Lipinski definition) is 3. The maximum Gasteiger partial charge on any atom is 0.275 e. The maximum atomic E-state index is 14.2. The van der Waals surface area contributed by atoms with E-state index in [0.29, 0.717) is 31.6 Å². The second kappa shape index (κ2) is 19.5. The average molecular weight is 750 g/mol. The third-order valence-electron chi connectivity index (χ3n) is 11.4. The Bertz CT molecular complexity index is 1630. The summed E-state index contributed by atoms with van der Waals surface area (Å²) in [7, 11) is 5.12. The van der Waals surface area contributed by atoms with Gasteiger partial charge in [0.2, 0.25) is 17.7 Å². The third kappa shape index (κ3) is 9.76. The normalized spacial score (nSPS) is 20.7. The summed E-state index contributed by atoms with van der Waals surface area (Å²) in [5.41, 5.74) is 2.66. The molecule has 8 atom stereocenters. The van der Waals surface area contributed by atoms with E-state index in [1.165, 1.54) is 0 Å². The molecule has 0 bridgehead atoms. The molecule has 13 nitrogen and oxygen atoms in total. The van der Waals surface area contributed by atoms with E-state index in [-0.39, 0.29) is 47.4 Å². The van der Waals surface area contributed by atoms with E-state index in [4.69, 9.17) is 9.47 Å². The van der Waals surface area contributed by atoms with Gasteiger partial charge < -0.3 is 35.2 Å². The molecular formula is C41H63N7O6. The minimum atomic E-state index is -0.747. The first-order valence-corrected chi connectivity index (χ1v) is 19.7. The number of aromatic nitrogens is 1. The molecule has 1 unspecified atom stereocenters. The number of likely N-dealkylation sites (N-methyl/N-ethyl adjacent to an activating group) is 2. The van der Waals surface area contributed by atoms with Gasteiger partial charge in [-0.2, -0.15) is 0 Å². The van der Waals surface area contributed by atoms with Gasteiger partial charge in [0.05, 0.1) is 41.4 Å². The average Bonchev–Trinajstić information content (AvgIpc) is 3.81. The van der Waals surface area contributed by atoms with Crippen LogP contribution in [0.4, 0.5) is 0 Å². The zero-order valence-electron chi connectivity index (χ0n) is 33.9. The SMILES string of the molecule is CC[C@H](C)C([C@H]1CC(N2CCC[C@H]2[C@H](OC)[C@@H](C)C(=O)NCCc2cnc3ccccc3c2)=C(N=O)O1)N(C)C(=O)[C@@H](NC(=O)[C@@H](NC)C(C)C)C(C)C. The first-order valence-electron chi connectivity index (χ1n) is 19.7. The van der Waals surface area contributed by atoms with E-state index in [2.05, 4.69) is 50.9 Å². The van der Waals surface area contributed by atoms with Crippen LogP contribution >= 0.6 is 0 Å². The number of carbonyl (C=O) groups is 3. The van der Waals surface area contributed by atoms with Crippen LogP contribution in [0.25, 0.3) is 10.9 Å². The van der Waals surface area contributed by atoms with E-state index < -0.39 is 36.3 Å². The number of methoxy groups -OCH3 is 1. The molecule has 3 N–H and O–H groups in total. The molecule has 2 aromatic rings. The van der Waals surface area contributed by atoms with Crippen LogP contribution in [-0.4, -0.2) is 103 Å². The molecule has 298 valence electrons. The van der Waals surface area contributed by atoms with Gasteiger partial charge in [-0.3, -0.25) is 19.4 Å². The maximum absolute atomic E-state index is 14.2. The summed E-state index contributed by atoms with van der Waals surface area (Å²) in [6.07, 6.45) is 4.26. The number of pyridine rings is 1. The van der Waals surface area contributed by atoms with Crippen molar-refractivity contribution in [3.8, 4) is 0 Å². The van der Waals surface area contributed by atoms with Crippen LogP contribution in [0.5, 0.6) is 0 Å². The molecule has 1 aromatic carbocycles. The molecule has 0 saturated carbocycles. The number of nitroso groups, excluding NO2 is 1. The molecule has 2 aliphatic rings. The van der Waals surface area contributed by atoms with Crippen LogP contribution in [0.1, 0.15) is 79.7 Å².